The first-order chi connectivity index (χ1) is 9.85. The van der Waals surface area contributed by atoms with Crippen molar-refractivity contribution in [2.24, 2.45) is 0 Å². The van der Waals surface area contributed by atoms with Gasteiger partial charge in [0.1, 0.15) is 5.75 Å². The Morgan fingerprint density at radius 3 is 2.70 bits per heavy atom. The second kappa shape index (κ2) is 6.59. The summed E-state index contributed by atoms with van der Waals surface area (Å²) in [6.07, 6.45) is 6.75. The molecule has 0 spiro atoms. The van der Waals surface area contributed by atoms with Crippen LogP contribution >= 0.6 is 0 Å². The molecule has 0 unspecified atom stereocenters. The van der Waals surface area contributed by atoms with Gasteiger partial charge in [0.25, 0.3) is 0 Å². The molecule has 0 bridgehead atoms. The number of hydrogen-bond donors (Lipinski definition) is 1. The summed E-state index contributed by atoms with van der Waals surface area (Å²) in [5.41, 5.74) is 2.72. The van der Waals surface area contributed by atoms with Gasteiger partial charge in [-0.2, -0.15) is 0 Å². The van der Waals surface area contributed by atoms with Crippen LogP contribution in [0.5, 0.6) is 5.75 Å². The number of piperidine rings is 1. The van der Waals surface area contributed by atoms with E-state index >= 15 is 0 Å². The van der Waals surface area contributed by atoms with Crippen molar-refractivity contribution in [1.29, 1.82) is 0 Å². The lowest BCUT2D eigenvalue weighted by atomic mass is 10.1. The smallest absolute Gasteiger partial charge is 0.123 e. The zero-order chi connectivity index (χ0) is 13.8. The minimum absolute atomic E-state index is 0.766. The minimum Gasteiger partial charge on any atom is -0.496 e. The van der Waals surface area contributed by atoms with E-state index in [1.54, 1.807) is 7.11 Å². The Morgan fingerprint density at radius 1 is 1.20 bits per heavy atom. The molecule has 3 rings (SSSR count). The third kappa shape index (κ3) is 3.74. The quantitative estimate of drug-likeness (QED) is 0.863. The summed E-state index contributed by atoms with van der Waals surface area (Å²) in [6, 6.07) is 7.41. The molecule has 2 fully saturated rings. The summed E-state index contributed by atoms with van der Waals surface area (Å²) in [7, 11) is 1.77. The van der Waals surface area contributed by atoms with E-state index in [1.807, 2.05) is 0 Å². The summed E-state index contributed by atoms with van der Waals surface area (Å²) in [4.78, 5) is 2.56. The normalized spacial score (nSPS) is 20.1. The van der Waals surface area contributed by atoms with Crippen LogP contribution in [-0.2, 0) is 13.1 Å². The van der Waals surface area contributed by atoms with Gasteiger partial charge in [0.15, 0.2) is 0 Å². The molecule has 1 saturated heterocycles. The molecule has 20 heavy (non-hydrogen) atoms. The molecule has 3 heteroatoms. The molecule has 1 heterocycles. The van der Waals surface area contributed by atoms with Crippen LogP contribution in [0.2, 0.25) is 0 Å². The van der Waals surface area contributed by atoms with Gasteiger partial charge in [-0.3, -0.25) is 4.90 Å². The van der Waals surface area contributed by atoms with Gasteiger partial charge in [-0.15, -0.1) is 0 Å². The topological polar surface area (TPSA) is 24.5 Å². The largest absolute Gasteiger partial charge is 0.496 e. The Bertz CT molecular complexity index is 437. The Morgan fingerprint density at radius 2 is 2.00 bits per heavy atom. The van der Waals surface area contributed by atoms with Crippen molar-refractivity contribution >= 4 is 0 Å². The number of methoxy groups -OCH3 is 1. The number of likely N-dealkylation sites (tertiary alicyclic amines) is 1. The van der Waals surface area contributed by atoms with Crippen LogP contribution in [0.15, 0.2) is 18.2 Å². The van der Waals surface area contributed by atoms with Crippen LogP contribution in [-0.4, -0.2) is 31.1 Å². The fourth-order valence-corrected chi connectivity index (χ4v) is 2.97. The molecule has 110 valence electrons. The molecule has 3 nitrogen and oxygen atoms in total. The molecular weight excluding hydrogens is 248 g/mol. The van der Waals surface area contributed by atoms with Crippen LogP contribution < -0.4 is 10.1 Å². The molecule has 1 aliphatic carbocycles. The maximum absolute atomic E-state index is 5.53. The van der Waals surface area contributed by atoms with E-state index in [2.05, 4.69) is 28.4 Å². The first-order valence-electron chi connectivity index (χ1n) is 7.96. The Kier molecular flexibility index (Phi) is 4.58. The second-order valence-corrected chi connectivity index (χ2v) is 6.14. The van der Waals surface area contributed by atoms with Crippen molar-refractivity contribution in [1.82, 2.24) is 10.2 Å². The number of nitrogens with zero attached hydrogens (tertiary/aromatic N) is 1. The van der Waals surface area contributed by atoms with E-state index in [-0.39, 0.29) is 0 Å². The predicted octanol–water partition coefficient (Wildman–Crippen LogP) is 2.93. The molecule has 1 saturated carbocycles. The number of hydrogen-bond acceptors (Lipinski definition) is 3. The van der Waals surface area contributed by atoms with E-state index in [4.69, 9.17) is 4.74 Å². The highest BCUT2D eigenvalue weighted by Gasteiger charge is 2.20. The number of rotatable bonds is 6. The van der Waals surface area contributed by atoms with Gasteiger partial charge in [0.2, 0.25) is 0 Å². The maximum atomic E-state index is 5.53. The molecule has 0 atom stereocenters. The van der Waals surface area contributed by atoms with Crippen molar-refractivity contribution in [2.45, 2.75) is 51.2 Å². The van der Waals surface area contributed by atoms with E-state index in [9.17, 15) is 0 Å². The van der Waals surface area contributed by atoms with Crippen LogP contribution in [0.25, 0.3) is 0 Å². The first kappa shape index (κ1) is 13.9. The summed E-state index contributed by atoms with van der Waals surface area (Å²) in [6.45, 7) is 4.48. The average Bonchev–Trinajstić information content (AvgIpc) is 3.31. The standard InChI is InChI=1S/C17H26N2O/c1-20-17-8-5-14(12-18-16-6-7-16)11-15(17)13-19-9-3-2-4-10-19/h5,8,11,16,18H,2-4,6-7,9-10,12-13H2,1H3. The lowest BCUT2D eigenvalue weighted by Crippen LogP contribution is -2.29. The van der Waals surface area contributed by atoms with E-state index in [0.717, 1.165) is 24.9 Å². The number of nitrogens with one attached hydrogen (secondary N) is 1. The van der Waals surface area contributed by atoms with Gasteiger partial charge in [-0.25, -0.2) is 0 Å². The highest BCUT2D eigenvalue weighted by molar-refractivity contribution is 5.37. The van der Waals surface area contributed by atoms with Crippen LogP contribution in [0.3, 0.4) is 0 Å². The summed E-state index contributed by atoms with van der Waals surface area (Å²) in [5.74, 6) is 1.03. The van der Waals surface area contributed by atoms with Crippen molar-refractivity contribution < 1.29 is 4.74 Å². The second-order valence-electron chi connectivity index (χ2n) is 6.14. The Balaban J connectivity index is 1.66. The van der Waals surface area contributed by atoms with Crippen LogP contribution in [0.1, 0.15) is 43.2 Å². The van der Waals surface area contributed by atoms with Crippen molar-refractivity contribution in [2.75, 3.05) is 20.2 Å². The number of ether oxygens (including phenoxy) is 1. The monoisotopic (exact) mass is 274 g/mol. The molecule has 1 aliphatic heterocycles. The van der Waals surface area contributed by atoms with E-state index < -0.39 is 0 Å². The lowest BCUT2D eigenvalue weighted by molar-refractivity contribution is 0.218. The SMILES string of the molecule is COc1ccc(CNC2CC2)cc1CN1CCCCC1. The van der Waals surface area contributed by atoms with Gasteiger partial charge in [-0.05, 0) is 56.5 Å². The molecule has 0 amide bonds. The Hall–Kier alpha value is -1.06. The molecule has 0 aromatic heterocycles. The van der Waals surface area contributed by atoms with Crippen molar-refractivity contribution in [3.63, 3.8) is 0 Å². The fraction of sp³-hybridized carbons (Fsp3) is 0.647. The molecule has 0 radical (unpaired) electrons. The predicted molar refractivity (Wildman–Crippen MR) is 82.0 cm³/mol. The van der Waals surface area contributed by atoms with Gasteiger partial charge in [-0.1, -0.05) is 12.5 Å². The van der Waals surface area contributed by atoms with Gasteiger partial charge in [0, 0.05) is 24.7 Å². The first-order valence-corrected chi connectivity index (χ1v) is 7.96. The molecule has 1 aromatic carbocycles. The van der Waals surface area contributed by atoms with Crippen molar-refractivity contribution in [3.05, 3.63) is 29.3 Å². The maximum Gasteiger partial charge on any atom is 0.123 e. The van der Waals surface area contributed by atoms with Crippen molar-refractivity contribution in [3.8, 4) is 5.75 Å². The van der Waals surface area contributed by atoms with Crippen LogP contribution in [0.4, 0.5) is 0 Å². The number of benzene rings is 1. The van der Waals surface area contributed by atoms with Crippen LogP contribution in [0, 0.1) is 0 Å². The molecular formula is C17H26N2O. The van der Waals surface area contributed by atoms with E-state index in [1.165, 1.54) is 56.3 Å². The summed E-state index contributed by atoms with van der Waals surface area (Å²) >= 11 is 0. The van der Waals surface area contributed by atoms with Gasteiger partial charge in [0.05, 0.1) is 7.11 Å². The molecule has 1 N–H and O–H groups in total. The van der Waals surface area contributed by atoms with Gasteiger partial charge >= 0.3 is 0 Å². The third-order valence-corrected chi connectivity index (χ3v) is 4.36. The van der Waals surface area contributed by atoms with E-state index in [0.29, 0.717) is 0 Å². The molecule has 2 aliphatic rings. The lowest BCUT2D eigenvalue weighted by Gasteiger charge is -2.27. The highest BCUT2D eigenvalue weighted by atomic mass is 16.5. The summed E-state index contributed by atoms with van der Waals surface area (Å²) in [5, 5.41) is 3.59. The minimum atomic E-state index is 0.766. The van der Waals surface area contributed by atoms with Gasteiger partial charge < -0.3 is 10.1 Å². The fourth-order valence-electron chi connectivity index (χ4n) is 2.97. The summed E-state index contributed by atoms with van der Waals surface area (Å²) < 4.78 is 5.53. The zero-order valence-corrected chi connectivity index (χ0v) is 12.5. The average molecular weight is 274 g/mol. The zero-order valence-electron chi connectivity index (χ0n) is 12.5. The third-order valence-electron chi connectivity index (χ3n) is 4.36. The Labute approximate surface area is 122 Å². The highest BCUT2D eigenvalue weighted by Crippen LogP contribution is 2.24. The molecule has 1 aromatic rings.